The van der Waals surface area contributed by atoms with Gasteiger partial charge in [0.25, 0.3) is 5.91 Å². The molecule has 6 heteroatoms. The SMILES string of the molecule is Cc1ccc(Cl)cc1NC(=O)c1cnc(CN)o1. The van der Waals surface area contributed by atoms with Gasteiger partial charge in [0.15, 0.2) is 0 Å². The van der Waals surface area contributed by atoms with Crippen LogP contribution in [0.3, 0.4) is 0 Å². The Bertz CT molecular complexity index is 580. The number of oxazole rings is 1. The molecule has 3 N–H and O–H groups in total. The molecule has 0 saturated carbocycles. The van der Waals surface area contributed by atoms with Crippen molar-refractivity contribution < 1.29 is 9.21 Å². The molecular formula is C12H12ClN3O2. The number of aryl methyl sites for hydroxylation is 1. The molecule has 2 aromatic rings. The number of carbonyl (C=O) groups is 1. The number of nitrogens with zero attached hydrogens (tertiary/aromatic N) is 1. The average molecular weight is 266 g/mol. The summed E-state index contributed by atoms with van der Waals surface area (Å²) in [6.07, 6.45) is 1.34. The van der Waals surface area contributed by atoms with Crippen molar-refractivity contribution in [1.29, 1.82) is 0 Å². The van der Waals surface area contributed by atoms with Crippen molar-refractivity contribution in [2.45, 2.75) is 13.5 Å². The standard InChI is InChI=1S/C12H12ClN3O2/c1-7-2-3-8(13)4-9(7)16-12(17)10-6-15-11(5-14)18-10/h2-4,6H,5,14H2,1H3,(H,16,17). The van der Waals surface area contributed by atoms with E-state index < -0.39 is 0 Å². The van der Waals surface area contributed by atoms with Crippen molar-refractivity contribution in [3.05, 3.63) is 46.6 Å². The number of rotatable bonds is 3. The van der Waals surface area contributed by atoms with Gasteiger partial charge in [-0.2, -0.15) is 0 Å². The quantitative estimate of drug-likeness (QED) is 0.893. The predicted octanol–water partition coefficient (Wildman–Crippen LogP) is 2.35. The molecule has 2 rings (SSSR count). The van der Waals surface area contributed by atoms with Crippen LogP contribution in [0.25, 0.3) is 0 Å². The Morgan fingerprint density at radius 2 is 2.33 bits per heavy atom. The smallest absolute Gasteiger partial charge is 0.293 e. The lowest BCUT2D eigenvalue weighted by Crippen LogP contribution is -2.11. The lowest BCUT2D eigenvalue weighted by atomic mass is 10.2. The topological polar surface area (TPSA) is 81.2 Å². The highest BCUT2D eigenvalue weighted by Gasteiger charge is 2.13. The maximum atomic E-state index is 11.9. The van der Waals surface area contributed by atoms with Crippen molar-refractivity contribution in [2.24, 2.45) is 5.73 Å². The summed E-state index contributed by atoms with van der Waals surface area (Å²) in [6, 6.07) is 5.26. The third-order valence-corrected chi connectivity index (χ3v) is 2.63. The zero-order valence-electron chi connectivity index (χ0n) is 9.74. The third-order valence-electron chi connectivity index (χ3n) is 2.40. The molecule has 0 aliphatic carbocycles. The molecule has 0 aliphatic rings. The van der Waals surface area contributed by atoms with Gasteiger partial charge in [0, 0.05) is 10.7 Å². The van der Waals surface area contributed by atoms with Crippen LogP contribution < -0.4 is 11.1 Å². The maximum Gasteiger partial charge on any atom is 0.293 e. The summed E-state index contributed by atoms with van der Waals surface area (Å²) in [6.45, 7) is 2.03. The van der Waals surface area contributed by atoms with Gasteiger partial charge < -0.3 is 15.5 Å². The number of benzene rings is 1. The molecule has 18 heavy (non-hydrogen) atoms. The summed E-state index contributed by atoms with van der Waals surface area (Å²) in [5, 5.41) is 3.26. The van der Waals surface area contributed by atoms with Gasteiger partial charge >= 0.3 is 0 Å². The highest BCUT2D eigenvalue weighted by molar-refractivity contribution is 6.31. The van der Waals surface area contributed by atoms with Crippen LogP contribution in [0, 0.1) is 6.92 Å². The van der Waals surface area contributed by atoms with Crippen LogP contribution in [0.4, 0.5) is 5.69 Å². The molecule has 0 bridgehead atoms. The highest BCUT2D eigenvalue weighted by atomic mass is 35.5. The molecule has 1 aromatic heterocycles. The number of hydrogen-bond donors (Lipinski definition) is 2. The molecule has 0 spiro atoms. The molecule has 0 radical (unpaired) electrons. The molecule has 94 valence electrons. The lowest BCUT2D eigenvalue weighted by molar-refractivity contribution is 0.0995. The Morgan fingerprint density at radius 1 is 1.56 bits per heavy atom. The van der Waals surface area contributed by atoms with E-state index in [2.05, 4.69) is 10.3 Å². The Labute approximate surface area is 109 Å². The Hall–Kier alpha value is -1.85. The first-order valence-electron chi connectivity index (χ1n) is 5.32. The second-order valence-corrected chi connectivity index (χ2v) is 4.17. The average Bonchev–Trinajstić information content (AvgIpc) is 2.82. The molecular weight excluding hydrogens is 254 g/mol. The Kier molecular flexibility index (Phi) is 3.64. The van der Waals surface area contributed by atoms with Crippen LogP contribution in [-0.4, -0.2) is 10.9 Å². The number of nitrogens with one attached hydrogen (secondary N) is 1. The van der Waals surface area contributed by atoms with Gasteiger partial charge in [-0.25, -0.2) is 4.98 Å². The van der Waals surface area contributed by atoms with E-state index in [1.165, 1.54) is 6.20 Å². The largest absolute Gasteiger partial charge is 0.434 e. The second-order valence-electron chi connectivity index (χ2n) is 3.74. The fourth-order valence-corrected chi connectivity index (χ4v) is 1.59. The van der Waals surface area contributed by atoms with E-state index in [1.807, 2.05) is 13.0 Å². The molecule has 1 aromatic carbocycles. The van der Waals surface area contributed by atoms with Crippen LogP contribution in [0.1, 0.15) is 22.0 Å². The second kappa shape index (κ2) is 5.20. The van der Waals surface area contributed by atoms with E-state index in [4.69, 9.17) is 21.8 Å². The van der Waals surface area contributed by atoms with Crippen LogP contribution in [0.5, 0.6) is 0 Å². The summed E-state index contributed by atoms with van der Waals surface area (Å²) in [4.78, 5) is 15.7. The minimum absolute atomic E-state index is 0.120. The van der Waals surface area contributed by atoms with E-state index in [9.17, 15) is 4.79 Å². The lowest BCUT2D eigenvalue weighted by Gasteiger charge is -2.06. The van der Waals surface area contributed by atoms with E-state index in [-0.39, 0.29) is 18.2 Å². The van der Waals surface area contributed by atoms with Gasteiger partial charge in [-0.05, 0) is 24.6 Å². The van der Waals surface area contributed by atoms with Crippen LogP contribution in [0.15, 0.2) is 28.8 Å². The van der Waals surface area contributed by atoms with Gasteiger partial charge in [0.1, 0.15) is 0 Å². The number of carbonyl (C=O) groups excluding carboxylic acids is 1. The summed E-state index contributed by atoms with van der Waals surface area (Å²) in [7, 11) is 0. The molecule has 0 saturated heterocycles. The Morgan fingerprint density at radius 3 is 3.00 bits per heavy atom. The molecule has 0 fully saturated rings. The van der Waals surface area contributed by atoms with Gasteiger partial charge in [-0.15, -0.1) is 0 Å². The number of halogens is 1. The monoisotopic (exact) mass is 265 g/mol. The number of hydrogen-bond acceptors (Lipinski definition) is 4. The van der Waals surface area contributed by atoms with E-state index >= 15 is 0 Å². The maximum absolute atomic E-state index is 11.9. The first kappa shape index (κ1) is 12.6. The predicted molar refractivity (Wildman–Crippen MR) is 68.5 cm³/mol. The number of nitrogens with two attached hydrogens (primary N) is 1. The number of amides is 1. The molecule has 0 atom stereocenters. The minimum Gasteiger partial charge on any atom is -0.434 e. The van der Waals surface area contributed by atoms with E-state index in [0.29, 0.717) is 16.6 Å². The fourth-order valence-electron chi connectivity index (χ4n) is 1.42. The first-order chi connectivity index (χ1) is 8.60. The summed E-state index contributed by atoms with van der Waals surface area (Å²) in [5.74, 6) is 0.0605. The summed E-state index contributed by atoms with van der Waals surface area (Å²) < 4.78 is 5.16. The van der Waals surface area contributed by atoms with Crippen LogP contribution >= 0.6 is 11.6 Å². The van der Waals surface area contributed by atoms with Crippen molar-refractivity contribution in [1.82, 2.24) is 4.98 Å². The molecule has 1 amide bonds. The number of aromatic nitrogens is 1. The third kappa shape index (κ3) is 2.69. The van der Waals surface area contributed by atoms with Gasteiger partial charge in [-0.3, -0.25) is 4.79 Å². The fraction of sp³-hybridized carbons (Fsp3) is 0.167. The normalized spacial score (nSPS) is 10.4. The summed E-state index contributed by atoms with van der Waals surface area (Å²) in [5.41, 5.74) is 6.90. The van der Waals surface area contributed by atoms with Crippen LogP contribution in [0.2, 0.25) is 5.02 Å². The van der Waals surface area contributed by atoms with Crippen molar-refractivity contribution in [3.63, 3.8) is 0 Å². The zero-order valence-corrected chi connectivity index (χ0v) is 10.5. The van der Waals surface area contributed by atoms with Crippen LogP contribution in [-0.2, 0) is 6.54 Å². The van der Waals surface area contributed by atoms with Gasteiger partial charge in [-0.1, -0.05) is 17.7 Å². The highest BCUT2D eigenvalue weighted by Crippen LogP contribution is 2.20. The zero-order chi connectivity index (χ0) is 13.1. The number of anilines is 1. The molecule has 5 nitrogen and oxygen atoms in total. The summed E-state index contributed by atoms with van der Waals surface area (Å²) >= 11 is 5.87. The van der Waals surface area contributed by atoms with E-state index in [1.54, 1.807) is 12.1 Å². The van der Waals surface area contributed by atoms with Crippen molar-refractivity contribution in [2.75, 3.05) is 5.32 Å². The minimum atomic E-state index is -0.382. The van der Waals surface area contributed by atoms with Crippen molar-refractivity contribution in [3.8, 4) is 0 Å². The van der Waals surface area contributed by atoms with Crippen molar-refractivity contribution >= 4 is 23.2 Å². The first-order valence-corrected chi connectivity index (χ1v) is 5.70. The molecule has 1 heterocycles. The van der Waals surface area contributed by atoms with Gasteiger partial charge in [0.2, 0.25) is 11.7 Å². The molecule has 0 unspecified atom stereocenters. The van der Waals surface area contributed by atoms with E-state index in [0.717, 1.165) is 5.56 Å². The molecule has 0 aliphatic heterocycles. The van der Waals surface area contributed by atoms with Gasteiger partial charge in [0.05, 0.1) is 12.7 Å². The Balaban J connectivity index is 2.18.